The highest BCUT2D eigenvalue weighted by Crippen LogP contribution is 2.43. The highest BCUT2D eigenvalue weighted by molar-refractivity contribution is 9.10. The van der Waals surface area contributed by atoms with Crippen LogP contribution in [0.2, 0.25) is 0 Å². The Morgan fingerprint density at radius 3 is 2.75 bits per heavy atom. The molecule has 1 unspecified atom stereocenters. The van der Waals surface area contributed by atoms with Gasteiger partial charge in [0.1, 0.15) is 10.6 Å². The minimum atomic E-state index is -0.815. The molecule has 0 aliphatic carbocycles. The molecule has 4 aromatic rings. The third-order valence-electron chi connectivity index (χ3n) is 5.32. The number of nitrogens with zero attached hydrogens (tertiary/aromatic N) is 3. The highest BCUT2D eigenvalue weighted by Gasteiger charge is 2.45. The van der Waals surface area contributed by atoms with Crippen molar-refractivity contribution in [1.82, 2.24) is 10.2 Å². The maximum absolute atomic E-state index is 13.6. The molecule has 2 aromatic heterocycles. The number of ether oxygens (including phenoxy) is 1. The van der Waals surface area contributed by atoms with Crippen LogP contribution in [0.5, 0.6) is 11.5 Å². The number of aryl methyl sites for hydroxylation is 1. The average molecular weight is 514 g/mol. The van der Waals surface area contributed by atoms with Crippen molar-refractivity contribution < 1.29 is 19.1 Å². The Bertz CT molecular complexity index is 1450. The Kier molecular flexibility index (Phi) is 4.98. The van der Waals surface area contributed by atoms with Gasteiger partial charge in [0, 0.05) is 4.47 Å². The van der Waals surface area contributed by atoms with Gasteiger partial charge in [0.05, 0.1) is 24.1 Å². The third kappa shape index (κ3) is 3.09. The molecule has 5 rings (SSSR count). The van der Waals surface area contributed by atoms with Gasteiger partial charge in [-0.3, -0.25) is 14.5 Å². The first-order valence-corrected chi connectivity index (χ1v) is 11.3. The zero-order chi connectivity index (χ0) is 22.6. The molecule has 1 aliphatic heterocycles. The fourth-order valence-corrected chi connectivity index (χ4v) is 4.97. The maximum atomic E-state index is 13.6. The number of methoxy groups -OCH3 is 1. The summed E-state index contributed by atoms with van der Waals surface area (Å²) in [5, 5.41) is 19.9. The Balaban J connectivity index is 1.81. The van der Waals surface area contributed by atoms with E-state index in [1.165, 1.54) is 29.4 Å². The first kappa shape index (κ1) is 20.7. The van der Waals surface area contributed by atoms with Crippen LogP contribution in [-0.4, -0.2) is 28.3 Å². The molecule has 8 nitrogen and oxygen atoms in total. The summed E-state index contributed by atoms with van der Waals surface area (Å²) >= 11 is 4.67. The summed E-state index contributed by atoms with van der Waals surface area (Å²) in [4.78, 5) is 28.5. The van der Waals surface area contributed by atoms with E-state index in [9.17, 15) is 14.7 Å². The molecule has 1 atom stereocenters. The Hall–Kier alpha value is -3.24. The van der Waals surface area contributed by atoms with Crippen molar-refractivity contribution in [3.8, 4) is 11.5 Å². The van der Waals surface area contributed by atoms with E-state index >= 15 is 0 Å². The predicted molar refractivity (Wildman–Crippen MR) is 123 cm³/mol. The van der Waals surface area contributed by atoms with Crippen molar-refractivity contribution in [2.75, 3.05) is 12.0 Å². The van der Waals surface area contributed by atoms with Gasteiger partial charge in [0.2, 0.25) is 10.9 Å². The number of benzene rings is 2. The standard InChI is InChI=1S/C22H16BrN3O5S/c1-3-16-24-25-22(32-16)26-18(10-4-6-13(27)15(8-10)30-2)17-19(28)12-9-11(23)5-7-14(12)31-20(17)21(26)29/h4-9,18,27H,3H2,1-2H3. The van der Waals surface area contributed by atoms with Crippen molar-refractivity contribution in [1.29, 1.82) is 0 Å². The molecule has 0 saturated heterocycles. The normalized spacial score (nSPS) is 15.4. The van der Waals surface area contributed by atoms with E-state index < -0.39 is 11.9 Å². The smallest absolute Gasteiger partial charge is 0.297 e. The molecule has 1 aliphatic rings. The molecule has 0 fully saturated rings. The van der Waals surface area contributed by atoms with Crippen LogP contribution in [0.3, 0.4) is 0 Å². The first-order chi connectivity index (χ1) is 15.4. The lowest BCUT2D eigenvalue weighted by molar-refractivity contribution is 0.0970. The van der Waals surface area contributed by atoms with E-state index in [1.807, 2.05) is 6.92 Å². The number of halogens is 1. The van der Waals surface area contributed by atoms with Gasteiger partial charge < -0.3 is 14.3 Å². The molecule has 32 heavy (non-hydrogen) atoms. The average Bonchev–Trinajstić information content (AvgIpc) is 3.37. The van der Waals surface area contributed by atoms with Crippen molar-refractivity contribution in [3.63, 3.8) is 0 Å². The van der Waals surface area contributed by atoms with E-state index in [2.05, 4.69) is 26.1 Å². The van der Waals surface area contributed by atoms with Crippen LogP contribution < -0.4 is 15.1 Å². The van der Waals surface area contributed by atoms with E-state index in [-0.39, 0.29) is 28.3 Å². The molecule has 162 valence electrons. The molecular weight excluding hydrogens is 498 g/mol. The van der Waals surface area contributed by atoms with Crippen LogP contribution in [0.4, 0.5) is 5.13 Å². The monoisotopic (exact) mass is 513 g/mol. The first-order valence-electron chi connectivity index (χ1n) is 9.72. The molecule has 2 aromatic carbocycles. The van der Waals surface area contributed by atoms with E-state index in [1.54, 1.807) is 30.3 Å². The second-order valence-electron chi connectivity index (χ2n) is 7.16. The van der Waals surface area contributed by atoms with Crippen LogP contribution in [0, 0.1) is 0 Å². The summed E-state index contributed by atoms with van der Waals surface area (Å²) in [6.45, 7) is 1.95. The van der Waals surface area contributed by atoms with Gasteiger partial charge in [0.25, 0.3) is 5.91 Å². The van der Waals surface area contributed by atoms with Gasteiger partial charge in [-0.15, -0.1) is 10.2 Å². The number of phenolic OH excluding ortho intramolecular Hbond substituents is 1. The fraction of sp³-hybridized carbons (Fsp3) is 0.182. The van der Waals surface area contributed by atoms with E-state index in [0.717, 1.165) is 9.48 Å². The van der Waals surface area contributed by atoms with E-state index in [4.69, 9.17) is 9.15 Å². The number of anilines is 1. The summed E-state index contributed by atoms with van der Waals surface area (Å²) in [6.07, 6.45) is 0.666. The Labute approximate surface area is 194 Å². The van der Waals surface area contributed by atoms with Gasteiger partial charge in [0.15, 0.2) is 16.9 Å². The summed E-state index contributed by atoms with van der Waals surface area (Å²) in [5.41, 5.74) is 0.791. The largest absolute Gasteiger partial charge is 0.504 e. The number of hydrogen-bond donors (Lipinski definition) is 1. The zero-order valence-electron chi connectivity index (χ0n) is 17.0. The highest BCUT2D eigenvalue weighted by atomic mass is 79.9. The van der Waals surface area contributed by atoms with Gasteiger partial charge in [-0.25, -0.2) is 0 Å². The summed E-state index contributed by atoms with van der Waals surface area (Å²) in [7, 11) is 1.43. The van der Waals surface area contributed by atoms with Crippen molar-refractivity contribution in [2.45, 2.75) is 19.4 Å². The second-order valence-corrected chi connectivity index (χ2v) is 9.11. The number of aromatic hydroxyl groups is 1. The molecule has 0 saturated carbocycles. The van der Waals surface area contributed by atoms with Gasteiger partial charge >= 0.3 is 0 Å². The summed E-state index contributed by atoms with van der Waals surface area (Å²) in [5.74, 6) is -0.332. The van der Waals surface area contributed by atoms with Gasteiger partial charge in [-0.2, -0.15) is 0 Å². The van der Waals surface area contributed by atoms with Gasteiger partial charge in [-0.05, 0) is 42.3 Å². The minimum Gasteiger partial charge on any atom is -0.504 e. The number of amides is 1. The number of hydrogen-bond acceptors (Lipinski definition) is 8. The molecule has 0 bridgehead atoms. The third-order valence-corrected chi connectivity index (χ3v) is 6.88. The number of carbonyl (C=O) groups excluding carboxylic acids is 1. The van der Waals surface area contributed by atoms with Crippen LogP contribution in [0.1, 0.15) is 39.7 Å². The molecule has 10 heteroatoms. The Morgan fingerprint density at radius 2 is 2.03 bits per heavy atom. The van der Waals surface area contributed by atoms with Gasteiger partial charge in [-0.1, -0.05) is 40.3 Å². The van der Waals surface area contributed by atoms with E-state index in [0.29, 0.717) is 28.1 Å². The SMILES string of the molecule is CCc1nnc(N2C(=O)c3oc4ccc(Br)cc4c(=O)c3C2c2ccc(O)c(OC)c2)s1. The maximum Gasteiger partial charge on any atom is 0.297 e. The molecule has 3 heterocycles. The van der Waals surface area contributed by atoms with Crippen molar-refractivity contribution in [2.24, 2.45) is 0 Å². The molecule has 1 N–H and O–H groups in total. The van der Waals surface area contributed by atoms with Crippen LogP contribution >= 0.6 is 27.3 Å². The molecule has 0 spiro atoms. The van der Waals surface area contributed by atoms with Crippen LogP contribution in [0.15, 0.2) is 50.1 Å². The number of carbonyl (C=O) groups is 1. The summed E-state index contributed by atoms with van der Waals surface area (Å²) < 4.78 is 11.9. The number of phenols is 1. The predicted octanol–water partition coefficient (Wildman–Crippen LogP) is 4.43. The molecule has 1 amide bonds. The lowest BCUT2D eigenvalue weighted by Crippen LogP contribution is -2.29. The molecular formula is C22H16BrN3O5S. The lowest BCUT2D eigenvalue weighted by Gasteiger charge is -2.22. The number of rotatable bonds is 4. The zero-order valence-corrected chi connectivity index (χ0v) is 19.4. The van der Waals surface area contributed by atoms with Crippen LogP contribution in [-0.2, 0) is 6.42 Å². The topological polar surface area (TPSA) is 106 Å². The lowest BCUT2D eigenvalue weighted by atomic mass is 9.98. The van der Waals surface area contributed by atoms with Crippen molar-refractivity contribution in [3.05, 3.63) is 73.0 Å². The summed E-state index contributed by atoms with van der Waals surface area (Å²) in [6, 6.07) is 8.95. The Morgan fingerprint density at radius 1 is 1.22 bits per heavy atom. The fourth-order valence-electron chi connectivity index (χ4n) is 3.81. The van der Waals surface area contributed by atoms with Crippen LogP contribution in [0.25, 0.3) is 11.0 Å². The quantitative estimate of drug-likeness (QED) is 0.430. The minimum absolute atomic E-state index is 0.0323. The second kappa shape index (κ2) is 7.72. The van der Waals surface area contributed by atoms with Crippen molar-refractivity contribution >= 4 is 49.3 Å². The number of fused-ring (bicyclic) bond motifs is 2. The molecule has 0 radical (unpaired) electrons. The number of aromatic nitrogens is 2.